The highest BCUT2D eigenvalue weighted by molar-refractivity contribution is 6.21. The Kier molecular flexibility index (Phi) is 6.40. The van der Waals surface area contributed by atoms with E-state index in [1.807, 2.05) is 0 Å². The number of allylic oxidation sites excluding steroid dienone is 2. The summed E-state index contributed by atoms with van der Waals surface area (Å²) in [5.41, 5.74) is 2.47. The van der Waals surface area contributed by atoms with Crippen LogP contribution in [0.25, 0.3) is 0 Å². The zero-order valence-corrected chi connectivity index (χ0v) is 8.11. The molecule has 2 radical (unpaired) electrons. The van der Waals surface area contributed by atoms with Crippen molar-refractivity contribution >= 4 is 7.85 Å². The van der Waals surface area contributed by atoms with Crippen molar-refractivity contribution in [1.82, 2.24) is 0 Å². The van der Waals surface area contributed by atoms with Crippen molar-refractivity contribution in [2.75, 3.05) is 0 Å². The van der Waals surface area contributed by atoms with Crippen molar-refractivity contribution < 1.29 is 0 Å². The van der Waals surface area contributed by atoms with Crippen LogP contribution >= 0.6 is 0 Å². The standard InChI is InChI=1S/C10H19B/c1-4-6-7-8-9(3)10(11)5-2/h4-8H2,1-3H3/b10-9-. The van der Waals surface area contributed by atoms with Gasteiger partial charge in [-0.05, 0) is 26.2 Å². The van der Waals surface area contributed by atoms with E-state index < -0.39 is 0 Å². The first-order valence-electron chi connectivity index (χ1n) is 4.66. The molecule has 0 N–H and O–H groups in total. The van der Waals surface area contributed by atoms with E-state index in [0.717, 1.165) is 11.9 Å². The summed E-state index contributed by atoms with van der Waals surface area (Å²) in [7, 11) is 5.78. The molecule has 0 heterocycles. The van der Waals surface area contributed by atoms with Gasteiger partial charge in [-0.2, -0.15) is 0 Å². The van der Waals surface area contributed by atoms with Gasteiger partial charge in [-0.15, -0.1) is 5.47 Å². The normalized spacial score (nSPS) is 13.0. The molecule has 0 bridgehead atoms. The molecule has 0 aromatic rings. The first kappa shape index (κ1) is 10.8. The molecule has 62 valence electrons. The maximum atomic E-state index is 5.78. The lowest BCUT2D eigenvalue weighted by atomic mass is 9.87. The van der Waals surface area contributed by atoms with Crippen molar-refractivity contribution in [3.8, 4) is 0 Å². The summed E-state index contributed by atoms with van der Waals surface area (Å²) < 4.78 is 0. The maximum Gasteiger partial charge on any atom is 0.107 e. The van der Waals surface area contributed by atoms with Crippen LogP contribution in [0.4, 0.5) is 0 Å². The van der Waals surface area contributed by atoms with E-state index >= 15 is 0 Å². The monoisotopic (exact) mass is 150 g/mol. The smallest absolute Gasteiger partial charge is 0.107 e. The quantitative estimate of drug-likeness (QED) is 0.416. The summed E-state index contributed by atoms with van der Waals surface area (Å²) >= 11 is 0. The van der Waals surface area contributed by atoms with Crippen LogP contribution in [0.1, 0.15) is 52.9 Å². The minimum absolute atomic E-state index is 0.998. The number of hydrogen-bond donors (Lipinski definition) is 0. The molecule has 0 unspecified atom stereocenters. The predicted octanol–water partition coefficient (Wildman–Crippen LogP) is 3.42. The van der Waals surface area contributed by atoms with Crippen LogP contribution in [0.3, 0.4) is 0 Å². The fraction of sp³-hybridized carbons (Fsp3) is 0.800. The highest BCUT2D eigenvalue weighted by Crippen LogP contribution is 2.12. The minimum atomic E-state index is 0.998. The van der Waals surface area contributed by atoms with E-state index in [9.17, 15) is 0 Å². The van der Waals surface area contributed by atoms with E-state index in [-0.39, 0.29) is 0 Å². The van der Waals surface area contributed by atoms with E-state index in [4.69, 9.17) is 7.85 Å². The molecule has 0 spiro atoms. The Morgan fingerprint density at radius 2 is 1.82 bits per heavy atom. The van der Waals surface area contributed by atoms with Gasteiger partial charge in [0.15, 0.2) is 0 Å². The van der Waals surface area contributed by atoms with Gasteiger partial charge in [-0.25, -0.2) is 0 Å². The highest BCUT2D eigenvalue weighted by Gasteiger charge is 1.93. The Morgan fingerprint density at radius 1 is 1.18 bits per heavy atom. The molecule has 0 saturated heterocycles. The topological polar surface area (TPSA) is 0 Å². The fourth-order valence-electron chi connectivity index (χ4n) is 1.10. The average molecular weight is 150 g/mol. The van der Waals surface area contributed by atoms with Gasteiger partial charge in [-0.1, -0.05) is 32.3 Å². The largest absolute Gasteiger partial charge is 0.119 e. The molecule has 0 aliphatic rings. The summed E-state index contributed by atoms with van der Waals surface area (Å²) in [6.45, 7) is 6.48. The van der Waals surface area contributed by atoms with Gasteiger partial charge in [0.2, 0.25) is 0 Å². The van der Waals surface area contributed by atoms with Gasteiger partial charge in [-0.3, -0.25) is 0 Å². The molecule has 0 aromatic carbocycles. The molecule has 0 atom stereocenters. The van der Waals surface area contributed by atoms with E-state index in [0.29, 0.717) is 0 Å². The van der Waals surface area contributed by atoms with E-state index in [1.165, 1.54) is 31.3 Å². The third-order valence-electron chi connectivity index (χ3n) is 2.08. The van der Waals surface area contributed by atoms with Gasteiger partial charge >= 0.3 is 0 Å². The third kappa shape index (κ3) is 5.12. The minimum Gasteiger partial charge on any atom is -0.119 e. The highest BCUT2D eigenvalue weighted by atomic mass is 14.0. The Bertz CT molecular complexity index is 125. The van der Waals surface area contributed by atoms with Crippen molar-refractivity contribution in [3.63, 3.8) is 0 Å². The van der Waals surface area contributed by atoms with Crippen LogP contribution in [0, 0.1) is 0 Å². The summed E-state index contributed by atoms with van der Waals surface area (Å²) in [6.07, 6.45) is 6.10. The van der Waals surface area contributed by atoms with Gasteiger partial charge < -0.3 is 0 Å². The fourth-order valence-corrected chi connectivity index (χ4v) is 1.10. The molecule has 1 heteroatoms. The Hall–Kier alpha value is -0.195. The lowest BCUT2D eigenvalue weighted by Gasteiger charge is -2.04. The van der Waals surface area contributed by atoms with Crippen LogP contribution in [0.5, 0.6) is 0 Å². The summed E-state index contributed by atoms with van der Waals surface area (Å²) in [5, 5.41) is 0. The molecule has 0 fully saturated rings. The van der Waals surface area contributed by atoms with Crippen molar-refractivity contribution in [1.29, 1.82) is 0 Å². The lowest BCUT2D eigenvalue weighted by Crippen LogP contribution is -1.87. The molecule has 0 amide bonds. The maximum absolute atomic E-state index is 5.78. The van der Waals surface area contributed by atoms with Crippen LogP contribution in [0.2, 0.25) is 0 Å². The van der Waals surface area contributed by atoms with Crippen LogP contribution in [-0.4, -0.2) is 7.85 Å². The molecule has 0 saturated carbocycles. The summed E-state index contributed by atoms with van der Waals surface area (Å²) in [4.78, 5) is 0. The first-order chi connectivity index (χ1) is 5.22. The van der Waals surface area contributed by atoms with Gasteiger partial charge in [0, 0.05) is 0 Å². The second kappa shape index (κ2) is 6.51. The van der Waals surface area contributed by atoms with Crippen molar-refractivity contribution in [3.05, 3.63) is 11.0 Å². The zero-order valence-electron chi connectivity index (χ0n) is 8.11. The second-order valence-corrected chi connectivity index (χ2v) is 3.12. The van der Waals surface area contributed by atoms with Crippen LogP contribution in [0.15, 0.2) is 11.0 Å². The lowest BCUT2D eigenvalue weighted by molar-refractivity contribution is 0.710. The molecule has 0 aliphatic heterocycles. The summed E-state index contributed by atoms with van der Waals surface area (Å²) in [6, 6.07) is 0. The van der Waals surface area contributed by atoms with Crippen LogP contribution in [-0.2, 0) is 0 Å². The second-order valence-electron chi connectivity index (χ2n) is 3.12. The summed E-state index contributed by atoms with van der Waals surface area (Å²) in [5.74, 6) is 0. The first-order valence-corrected chi connectivity index (χ1v) is 4.66. The van der Waals surface area contributed by atoms with Gasteiger partial charge in [0.25, 0.3) is 0 Å². The number of rotatable bonds is 5. The molecule has 0 aromatic heterocycles. The van der Waals surface area contributed by atoms with Crippen molar-refractivity contribution in [2.24, 2.45) is 0 Å². The zero-order chi connectivity index (χ0) is 8.69. The molecule has 0 nitrogen and oxygen atoms in total. The third-order valence-corrected chi connectivity index (χ3v) is 2.08. The van der Waals surface area contributed by atoms with Gasteiger partial charge in [0.1, 0.15) is 7.85 Å². The predicted molar refractivity (Wildman–Crippen MR) is 52.9 cm³/mol. The van der Waals surface area contributed by atoms with Crippen molar-refractivity contribution in [2.45, 2.75) is 52.9 Å². The Morgan fingerprint density at radius 3 is 2.27 bits per heavy atom. The van der Waals surface area contributed by atoms with Gasteiger partial charge in [0.05, 0.1) is 0 Å². The number of unbranched alkanes of at least 4 members (excludes halogenated alkanes) is 2. The van der Waals surface area contributed by atoms with E-state index in [2.05, 4.69) is 20.8 Å². The molecule has 0 rings (SSSR count). The number of hydrogen-bond acceptors (Lipinski definition) is 0. The molecular weight excluding hydrogens is 131 g/mol. The Labute approximate surface area is 72.5 Å². The van der Waals surface area contributed by atoms with E-state index in [1.54, 1.807) is 0 Å². The van der Waals surface area contributed by atoms with Crippen LogP contribution < -0.4 is 0 Å². The average Bonchev–Trinajstić information content (AvgIpc) is 2.03. The Balaban J connectivity index is 3.58. The SMILES string of the molecule is [B]/C(CC)=C(/C)CCCCC. The molecule has 11 heavy (non-hydrogen) atoms. The molecule has 0 aliphatic carbocycles. The molecular formula is C10H19B.